The average Bonchev–Trinajstić information content (AvgIpc) is 3.55. The molecule has 3 heterocycles. The van der Waals surface area contributed by atoms with Gasteiger partial charge in [-0.05, 0) is 48.2 Å². The third-order valence-electron chi connectivity index (χ3n) is 6.91. The van der Waals surface area contributed by atoms with Crippen molar-refractivity contribution in [2.75, 3.05) is 13.2 Å². The number of hydrogen-bond acceptors (Lipinski definition) is 6. The van der Waals surface area contributed by atoms with E-state index in [1.54, 1.807) is 13.8 Å². The zero-order chi connectivity index (χ0) is 25.0. The number of imidazole rings is 1. The predicted octanol–water partition coefficient (Wildman–Crippen LogP) is 4.68. The van der Waals surface area contributed by atoms with Crippen LogP contribution in [0.3, 0.4) is 0 Å². The van der Waals surface area contributed by atoms with Gasteiger partial charge < -0.3 is 29.4 Å². The lowest BCUT2D eigenvalue weighted by Gasteiger charge is -2.18. The van der Waals surface area contributed by atoms with E-state index in [0.29, 0.717) is 17.6 Å². The smallest absolute Gasteiger partial charge is 0.295 e. The highest BCUT2D eigenvalue weighted by Crippen LogP contribution is 2.35. The van der Waals surface area contributed by atoms with E-state index in [1.165, 1.54) is 0 Å². The summed E-state index contributed by atoms with van der Waals surface area (Å²) in [5.41, 5.74) is 5.51. The summed E-state index contributed by atoms with van der Waals surface area (Å²) in [5, 5.41) is 20.7. The molecule has 0 spiro atoms. The monoisotopic (exact) mass is 506 g/mol. The molecule has 0 aliphatic carbocycles. The van der Waals surface area contributed by atoms with Crippen LogP contribution in [0.1, 0.15) is 19.4 Å². The van der Waals surface area contributed by atoms with E-state index in [4.69, 9.17) is 25.8 Å². The lowest BCUT2D eigenvalue weighted by atomic mass is 9.95. The number of nitrogens with one attached hydrogen (secondary N) is 1. The van der Waals surface area contributed by atoms with Crippen molar-refractivity contribution in [1.82, 2.24) is 9.97 Å². The first-order valence-corrected chi connectivity index (χ1v) is 12.3. The van der Waals surface area contributed by atoms with Crippen LogP contribution in [0.4, 0.5) is 0 Å². The molecule has 0 amide bonds. The fraction of sp³-hybridized carbons (Fsp3) is 0.321. The Morgan fingerprint density at radius 3 is 2.28 bits per heavy atom. The van der Waals surface area contributed by atoms with Gasteiger partial charge in [0.05, 0.1) is 34.9 Å². The molecule has 2 saturated heterocycles. The van der Waals surface area contributed by atoms with Crippen LogP contribution in [0, 0.1) is 0 Å². The molecule has 0 bridgehead atoms. The Labute approximate surface area is 213 Å². The van der Waals surface area contributed by atoms with Crippen LogP contribution in [0.15, 0.2) is 60.7 Å². The van der Waals surface area contributed by atoms with Crippen LogP contribution < -0.4 is 4.74 Å². The maximum absolute atomic E-state index is 10.2. The van der Waals surface area contributed by atoms with E-state index in [1.807, 2.05) is 48.5 Å². The number of H-pyrrole nitrogens is 1. The highest BCUT2D eigenvalue weighted by Gasteiger charge is 2.48. The quantitative estimate of drug-likeness (QED) is 0.363. The number of hydrogen-bond donors (Lipinski definition) is 3. The number of rotatable bonds is 5. The normalized spacial score (nSPS) is 23.8. The molecule has 4 atom stereocenters. The van der Waals surface area contributed by atoms with Crippen LogP contribution in [0.2, 0.25) is 5.02 Å². The first-order valence-electron chi connectivity index (χ1n) is 12.0. The Bertz CT molecular complexity index is 1390. The van der Waals surface area contributed by atoms with Crippen LogP contribution in [0.25, 0.3) is 33.3 Å². The third-order valence-corrected chi connectivity index (χ3v) is 7.23. The zero-order valence-corrected chi connectivity index (χ0v) is 20.7. The molecule has 0 unspecified atom stereocenters. The Balaban J connectivity index is 1.22. The number of aliphatic hydroxyl groups excluding tert-OH is 1. The molecule has 2 aliphatic rings. The summed E-state index contributed by atoms with van der Waals surface area (Å²) in [7, 11) is 0. The van der Waals surface area contributed by atoms with Crippen molar-refractivity contribution in [3.8, 4) is 28.3 Å². The molecule has 7 nitrogen and oxygen atoms in total. The second kappa shape index (κ2) is 8.87. The molecule has 186 valence electrons. The van der Waals surface area contributed by atoms with E-state index in [2.05, 4.69) is 22.1 Å². The Morgan fingerprint density at radius 1 is 0.944 bits per heavy atom. The molecule has 8 heteroatoms. The number of fused-ring (bicyclic) bond motifs is 2. The second-order valence-electron chi connectivity index (χ2n) is 9.92. The van der Waals surface area contributed by atoms with Crippen LogP contribution in [0.5, 0.6) is 6.01 Å². The average molecular weight is 507 g/mol. The molecule has 6 rings (SSSR count). The molecule has 36 heavy (non-hydrogen) atoms. The van der Waals surface area contributed by atoms with Gasteiger partial charge in [0.15, 0.2) is 6.10 Å². The lowest BCUT2D eigenvalue weighted by molar-refractivity contribution is 0.00706. The van der Waals surface area contributed by atoms with Gasteiger partial charge in [-0.25, -0.2) is 0 Å². The maximum Gasteiger partial charge on any atom is 0.295 e. The fourth-order valence-electron chi connectivity index (χ4n) is 4.89. The van der Waals surface area contributed by atoms with E-state index >= 15 is 0 Å². The summed E-state index contributed by atoms with van der Waals surface area (Å²) in [6.45, 7) is 4.14. The number of aromatic amines is 1. The van der Waals surface area contributed by atoms with Crippen molar-refractivity contribution in [2.45, 2.75) is 43.9 Å². The van der Waals surface area contributed by atoms with Crippen LogP contribution in [-0.4, -0.2) is 57.8 Å². The number of halogens is 1. The van der Waals surface area contributed by atoms with E-state index < -0.39 is 11.7 Å². The van der Waals surface area contributed by atoms with E-state index in [9.17, 15) is 10.2 Å². The molecule has 2 fully saturated rings. The summed E-state index contributed by atoms with van der Waals surface area (Å²) in [5.74, 6) is 0. The zero-order valence-electron chi connectivity index (χ0n) is 19.9. The number of ether oxygens (including phenoxy) is 3. The van der Waals surface area contributed by atoms with Crippen molar-refractivity contribution in [1.29, 1.82) is 0 Å². The van der Waals surface area contributed by atoms with Crippen LogP contribution >= 0.6 is 11.6 Å². The molecular weight excluding hydrogens is 480 g/mol. The van der Waals surface area contributed by atoms with Gasteiger partial charge in [-0.3, -0.25) is 0 Å². The van der Waals surface area contributed by atoms with Crippen molar-refractivity contribution in [3.63, 3.8) is 0 Å². The highest BCUT2D eigenvalue weighted by atomic mass is 35.5. The Kier molecular flexibility index (Phi) is 5.78. The van der Waals surface area contributed by atoms with Gasteiger partial charge in [0.2, 0.25) is 0 Å². The summed E-state index contributed by atoms with van der Waals surface area (Å²) < 4.78 is 17.3. The first-order chi connectivity index (χ1) is 17.3. The van der Waals surface area contributed by atoms with Crippen LogP contribution in [-0.2, 0) is 15.1 Å². The molecule has 1 aromatic heterocycles. The summed E-state index contributed by atoms with van der Waals surface area (Å²) in [6.07, 6.45) is -1.63. The maximum atomic E-state index is 10.2. The Morgan fingerprint density at radius 2 is 1.58 bits per heavy atom. The molecule has 4 aromatic rings. The predicted molar refractivity (Wildman–Crippen MR) is 137 cm³/mol. The van der Waals surface area contributed by atoms with E-state index in [-0.39, 0.29) is 24.9 Å². The summed E-state index contributed by atoms with van der Waals surface area (Å²) in [6, 6.07) is 20.3. The van der Waals surface area contributed by atoms with Gasteiger partial charge in [-0.1, -0.05) is 60.1 Å². The minimum absolute atomic E-state index is 0.249. The number of nitrogens with zero attached hydrogens (tertiary/aromatic N) is 1. The van der Waals surface area contributed by atoms with Gasteiger partial charge in [0.1, 0.15) is 18.3 Å². The van der Waals surface area contributed by atoms with E-state index in [0.717, 1.165) is 38.9 Å². The first kappa shape index (κ1) is 23.5. The third kappa shape index (κ3) is 4.27. The molecule has 2 aliphatic heterocycles. The largest absolute Gasteiger partial charge is 0.456 e. The minimum Gasteiger partial charge on any atom is -0.456 e. The molecule has 0 saturated carbocycles. The fourth-order valence-corrected chi connectivity index (χ4v) is 5.16. The standard InChI is InChI=1S/C28H27ClN2O5/c1-28(2,33)18-9-7-16(8-10-18)15-3-5-17(6-4-15)19-11-21-22(12-20(19)29)31-27(30-21)36-24-14-35-25-23(32)13-34-26(24)25/h3-12,23-26,32-33H,13-14H2,1-2H3,(H,30,31)/t23-,24-,25-,26-/m1/s1. The molecule has 0 radical (unpaired) electrons. The Hall–Kier alpha value is -2.94. The lowest BCUT2D eigenvalue weighted by Crippen LogP contribution is -2.34. The number of benzene rings is 3. The number of aromatic nitrogens is 2. The molecular formula is C28H27ClN2O5. The topological polar surface area (TPSA) is 96.8 Å². The van der Waals surface area contributed by atoms with Gasteiger partial charge in [-0.15, -0.1) is 0 Å². The van der Waals surface area contributed by atoms with Gasteiger partial charge in [-0.2, -0.15) is 4.98 Å². The van der Waals surface area contributed by atoms with Gasteiger partial charge >= 0.3 is 0 Å². The van der Waals surface area contributed by atoms with Crippen molar-refractivity contribution < 1.29 is 24.4 Å². The summed E-state index contributed by atoms with van der Waals surface area (Å²) in [4.78, 5) is 7.77. The molecule has 3 aromatic carbocycles. The van der Waals surface area contributed by atoms with Crippen molar-refractivity contribution in [2.24, 2.45) is 0 Å². The highest BCUT2D eigenvalue weighted by molar-refractivity contribution is 6.34. The summed E-state index contributed by atoms with van der Waals surface area (Å²) >= 11 is 6.64. The SMILES string of the molecule is CC(C)(O)c1ccc(-c2ccc(-c3cc4nc(O[C@@H]5CO[C@H]6[C@@H]5OC[C@H]6O)[nH]c4cc3Cl)cc2)cc1. The minimum atomic E-state index is -0.866. The number of aliphatic hydroxyl groups is 2. The molecule has 3 N–H and O–H groups in total. The van der Waals surface area contributed by atoms with Crippen molar-refractivity contribution >= 4 is 22.6 Å². The second-order valence-corrected chi connectivity index (χ2v) is 10.3. The van der Waals surface area contributed by atoms with Gasteiger partial charge in [0, 0.05) is 5.56 Å². The van der Waals surface area contributed by atoms with Crippen molar-refractivity contribution in [3.05, 3.63) is 71.2 Å². The van der Waals surface area contributed by atoms with Gasteiger partial charge in [0.25, 0.3) is 6.01 Å².